The molecule has 1 aromatic carbocycles. The molecule has 0 atom stereocenters. The molecule has 0 fully saturated rings. The van der Waals surface area contributed by atoms with Gasteiger partial charge in [-0.1, -0.05) is 6.07 Å². The largest absolute Gasteiger partial charge is 0.477 e. The van der Waals surface area contributed by atoms with E-state index in [4.69, 9.17) is 9.47 Å². The van der Waals surface area contributed by atoms with E-state index in [1.807, 2.05) is 0 Å². The number of H-pyrrole nitrogens is 1. The molecule has 2 N–H and O–H groups in total. The van der Waals surface area contributed by atoms with Gasteiger partial charge in [0.25, 0.3) is 0 Å². The number of hydrogen-bond acceptors (Lipinski definition) is 6. The quantitative estimate of drug-likeness (QED) is 0.659. The lowest BCUT2D eigenvalue weighted by molar-refractivity contribution is -0.131. The molecule has 0 amide bonds. The SMILES string of the molecule is Cc1nc(S/C(=C\c2ccc3c(c2)OCO3)C(=O)O)n[nH]1. The Labute approximate surface area is 124 Å². The summed E-state index contributed by atoms with van der Waals surface area (Å²) in [5.41, 5.74) is 0.705. The van der Waals surface area contributed by atoms with E-state index in [0.29, 0.717) is 28.0 Å². The lowest BCUT2D eigenvalue weighted by Gasteiger charge is -2.01. The van der Waals surface area contributed by atoms with Crippen molar-refractivity contribution in [1.29, 1.82) is 0 Å². The van der Waals surface area contributed by atoms with Crippen molar-refractivity contribution < 1.29 is 19.4 Å². The molecule has 3 rings (SSSR count). The van der Waals surface area contributed by atoms with Gasteiger partial charge >= 0.3 is 5.97 Å². The summed E-state index contributed by atoms with van der Waals surface area (Å²) in [5.74, 6) is 0.846. The van der Waals surface area contributed by atoms with Gasteiger partial charge in [0.05, 0.1) is 0 Å². The third kappa shape index (κ3) is 3.00. The molecule has 2 aromatic rings. The van der Waals surface area contributed by atoms with Crippen LogP contribution in [0.2, 0.25) is 0 Å². The fourth-order valence-corrected chi connectivity index (χ4v) is 2.51. The van der Waals surface area contributed by atoms with E-state index in [9.17, 15) is 9.90 Å². The van der Waals surface area contributed by atoms with Crippen molar-refractivity contribution >= 4 is 23.8 Å². The van der Waals surface area contributed by atoms with Crippen molar-refractivity contribution in [1.82, 2.24) is 15.2 Å². The number of aromatic nitrogens is 3. The number of aryl methyl sites for hydroxylation is 1. The average Bonchev–Trinajstić information content (AvgIpc) is 3.06. The number of benzene rings is 1. The van der Waals surface area contributed by atoms with Gasteiger partial charge in [-0.25, -0.2) is 9.78 Å². The van der Waals surface area contributed by atoms with Crippen molar-refractivity contribution in [3.63, 3.8) is 0 Å². The normalized spacial score (nSPS) is 13.5. The summed E-state index contributed by atoms with van der Waals surface area (Å²) in [5, 5.41) is 16.2. The Morgan fingerprint density at radius 2 is 2.24 bits per heavy atom. The number of thioether (sulfide) groups is 1. The zero-order chi connectivity index (χ0) is 14.8. The summed E-state index contributed by atoms with van der Waals surface area (Å²) in [6.07, 6.45) is 1.54. The Kier molecular flexibility index (Phi) is 3.53. The number of rotatable bonds is 4. The summed E-state index contributed by atoms with van der Waals surface area (Å²) < 4.78 is 10.5. The molecule has 0 saturated heterocycles. The molecule has 21 heavy (non-hydrogen) atoms. The second-order valence-electron chi connectivity index (χ2n) is 4.23. The van der Waals surface area contributed by atoms with E-state index in [-0.39, 0.29) is 11.7 Å². The maximum absolute atomic E-state index is 11.3. The molecule has 1 aliphatic rings. The summed E-state index contributed by atoms with van der Waals surface area (Å²) in [4.78, 5) is 15.5. The highest BCUT2D eigenvalue weighted by Gasteiger charge is 2.16. The van der Waals surface area contributed by atoms with Gasteiger partial charge < -0.3 is 14.6 Å². The predicted octanol–water partition coefficient (Wildman–Crippen LogP) is 2.06. The van der Waals surface area contributed by atoms with Gasteiger partial charge in [0.1, 0.15) is 10.7 Å². The summed E-state index contributed by atoms with van der Waals surface area (Å²) in [6, 6.07) is 5.24. The summed E-state index contributed by atoms with van der Waals surface area (Å²) in [6.45, 7) is 1.93. The van der Waals surface area contributed by atoms with Crippen LogP contribution in [0.15, 0.2) is 28.3 Å². The lowest BCUT2D eigenvalue weighted by atomic mass is 10.2. The van der Waals surface area contributed by atoms with Crippen LogP contribution < -0.4 is 9.47 Å². The second kappa shape index (κ2) is 5.49. The lowest BCUT2D eigenvalue weighted by Crippen LogP contribution is -1.97. The average molecular weight is 305 g/mol. The van der Waals surface area contributed by atoms with E-state index in [1.165, 1.54) is 0 Å². The van der Waals surface area contributed by atoms with Gasteiger partial charge in [-0.2, -0.15) is 0 Å². The van der Waals surface area contributed by atoms with Crippen LogP contribution in [-0.2, 0) is 4.79 Å². The number of fused-ring (bicyclic) bond motifs is 1. The minimum atomic E-state index is -1.04. The monoisotopic (exact) mass is 305 g/mol. The molecule has 0 spiro atoms. The number of carboxylic acid groups (broad SMARTS) is 1. The summed E-state index contributed by atoms with van der Waals surface area (Å²) >= 11 is 0.982. The number of hydrogen-bond donors (Lipinski definition) is 2. The molecule has 7 nitrogen and oxygen atoms in total. The Bertz CT molecular complexity index is 726. The number of nitrogens with zero attached hydrogens (tertiary/aromatic N) is 2. The molecule has 108 valence electrons. The van der Waals surface area contributed by atoms with Crippen LogP contribution in [-0.4, -0.2) is 33.1 Å². The van der Waals surface area contributed by atoms with Crippen LogP contribution in [0.1, 0.15) is 11.4 Å². The van der Waals surface area contributed by atoms with Gasteiger partial charge in [-0.05, 0) is 42.5 Å². The third-order valence-electron chi connectivity index (χ3n) is 2.68. The molecule has 1 aliphatic heterocycles. The number of ether oxygens (including phenoxy) is 2. The van der Waals surface area contributed by atoms with Crippen molar-refractivity contribution in [3.8, 4) is 11.5 Å². The minimum Gasteiger partial charge on any atom is -0.477 e. The van der Waals surface area contributed by atoms with E-state index in [2.05, 4.69) is 15.2 Å². The Morgan fingerprint density at radius 1 is 1.43 bits per heavy atom. The number of carbonyl (C=O) groups is 1. The first-order chi connectivity index (χ1) is 10.1. The van der Waals surface area contributed by atoms with Gasteiger partial charge in [-0.3, -0.25) is 5.10 Å². The first kappa shape index (κ1) is 13.5. The van der Waals surface area contributed by atoms with Gasteiger partial charge in [0, 0.05) is 0 Å². The van der Waals surface area contributed by atoms with E-state index >= 15 is 0 Å². The molecular weight excluding hydrogens is 294 g/mol. The zero-order valence-electron chi connectivity index (χ0n) is 11.0. The first-order valence-electron chi connectivity index (χ1n) is 6.03. The van der Waals surface area contributed by atoms with Crippen LogP contribution in [0.3, 0.4) is 0 Å². The number of nitrogens with one attached hydrogen (secondary N) is 1. The highest BCUT2D eigenvalue weighted by molar-refractivity contribution is 8.04. The Morgan fingerprint density at radius 3 is 2.95 bits per heavy atom. The molecule has 0 unspecified atom stereocenters. The first-order valence-corrected chi connectivity index (χ1v) is 6.85. The van der Waals surface area contributed by atoms with Gasteiger partial charge in [0.2, 0.25) is 11.9 Å². The molecule has 0 bridgehead atoms. The smallest absolute Gasteiger partial charge is 0.342 e. The molecule has 0 aliphatic carbocycles. The van der Waals surface area contributed by atoms with Gasteiger partial charge in [0.15, 0.2) is 11.5 Å². The molecule has 1 aromatic heterocycles. The zero-order valence-corrected chi connectivity index (χ0v) is 11.8. The standard InChI is InChI=1S/C13H11N3O4S/c1-7-14-13(16-15-7)21-11(12(17)18)5-8-2-3-9-10(4-8)20-6-19-9/h2-5H,6H2,1H3,(H,17,18)(H,14,15,16)/b11-5-. The number of carboxylic acids is 1. The van der Waals surface area contributed by atoms with E-state index < -0.39 is 5.97 Å². The third-order valence-corrected chi connectivity index (χ3v) is 3.56. The Hall–Kier alpha value is -2.48. The summed E-state index contributed by atoms with van der Waals surface area (Å²) in [7, 11) is 0. The van der Waals surface area contributed by atoms with Crippen molar-refractivity contribution in [2.45, 2.75) is 12.1 Å². The van der Waals surface area contributed by atoms with E-state index in [0.717, 1.165) is 11.8 Å². The molecule has 0 radical (unpaired) electrons. The van der Waals surface area contributed by atoms with Crippen LogP contribution in [0.5, 0.6) is 11.5 Å². The van der Waals surface area contributed by atoms with E-state index in [1.54, 1.807) is 31.2 Å². The second-order valence-corrected chi connectivity index (χ2v) is 5.24. The fourth-order valence-electron chi connectivity index (χ4n) is 1.76. The number of aliphatic carboxylic acids is 1. The highest BCUT2D eigenvalue weighted by atomic mass is 32.2. The maximum atomic E-state index is 11.3. The molecule has 2 heterocycles. The number of aromatic amines is 1. The van der Waals surface area contributed by atoms with Crippen LogP contribution in [0.25, 0.3) is 6.08 Å². The highest BCUT2D eigenvalue weighted by Crippen LogP contribution is 2.34. The van der Waals surface area contributed by atoms with Crippen molar-refractivity contribution in [2.24, 2.45) is 0 Å². The predicted molar refractivity (Wildman–Crippen MR) is 75.2 cm³/mol. The van der Waals surface area contributed by atoms with Crippen LogP contribution >= 0.6 is 11.8 Å². The molecular formula is C13H11N3O4S. The van der Waals surface area contributed by atoms with Gasteiger partial charge in [-0.15, -0.1) is 5.10 Å². The maximum Gasteiger partial charge on any atom is 0.342 e. The molecule has 0 saturated carbocycles. The topological polar surface area (TPSA) is 97.3 Å². The molecule has 8 heteroatoms. The fraction of sp³-hybridized carbons (Fsp3) is 0.154. The Balaban J connectivity index is 1.88. The van der Waals surface area contributed by atoms with Crippen molar-refractivity contribution in [2.75, 3.05) is 6.79 Å². The van der Waals surface area contributed by atoms with Crippen LogP contribution in [0, 0.1) is 6.92 Å². The van der Waals surface area contributed by atoms with Crippen molar-refractivity contribution in [3.05, 3.63) is 34.5 Å². The van der Waals surface area contributed by atoms with Crippen LogP contribution in [0.4, 0.5) is 0 Å². The minimum absolute atomic E-state index is 0.118.